The fourth-order valence-corrected chi connectivity index (χ4v) is 3.52. The number of nitrogens with zero attached hydrogens (tertiary/aromatic N) is 2. The van der Waals surface area contributed by atoms with Gasteiger partial charge in [-0.3, -0.25) is 14.6 Å². The van der Waals surface area contributed by atoms with Gasteiger partial charge in [0.15, 0.2) is 0 Å². The largest absolute Gasteiger partial charge is 0.507 e. The van der Waals surface area contributed by atoms with E-state index < -0.39 is 17.7 Å². The van der Waals surface area contributed by atoms with Gasteiger partial charge in [0.1, 0.15) is 17.6 Å². The van der Waals surface area contributed by atoms with Gasteiger partial charge in [0.2, 0.25) is 0 Å². The Morgan fingerprint density at radius 1 is 1.17 bits per heavy atom. The molecular weight excluding hydrogens is 368 g/mol. The maximum absolute atomic E-state index is 12.8. The molecule has 6 nitrogen and oxygen atoms in total. The molecule has 1 aliphatic heterocycles. The maximum atomic E-state index is 12.8. The summed E-state index contributed by atoms with van der Waals surface area (Å²) in [6.07, 6.45) is 3.20. The van der Waals surface area contributed by atoms with Gasteiger partial charge in [-0.05, 0) is 55.7 Å². The van der Waals surface area contributed by atoms with E-state index in [1.54, 1.807) is 42.6 Å². The zero-order valence-corrected chi connectivity index (χ0v) is 17.0. The van der Waals surface area contributed by atoms with Gasteiger partial charge in [-0.25, -0.2) is 0 Å². The van der Waals surface area contributed by atoms with Gasteiger partial charge in [0, 0.05) is 18.3 Å². The number of pyridine rings is 1. The highest BCUT2D eigenvalue weighted by Crippen LogP contribution is 2.39. The van der Waals surface area contributed by atoms with E-state index >= 15 is 0 Å². The third kappa shape index (κ3) is 4.01. The Bertz CT molecular complexity index is 937. The summed E-state index contributed by atoms with van der Waals surface area (Å²) in [5.74, 6) is -0.752. The van der Waals surface area contributed by atoms with E-state index in [2.05, 4.69) is 4.98 Å². The molecule has 0 spiro atoms. The average molecular weight is 394 g/mol. The van der Waals surface area contributed by atoms with Crippen LogP contribution in [0.25, 0.3) is 5.76 Å². The van der Waals surface area contributed by atoms with Crippen molar-refractivity contribution in [3.63, 3.8) is 0 Å². The van der Waals surface area contributed by atoms with E-state index in [1.807, 2.05) is 20.8 Å². The molecule has 29 heavy (non-hydrogen) atoms. The first kappa shape index (κ1) is 20.6. The summed E-state index contributed by atoms with van der Waals surface area (Å²) in [6.45, 7) is 6.86. The molecule has 1 unspecified atom stereocenters. The van der Waals surface area contributed by atoms with Gasteiger partial charge in [-0.2, -0.15) is 0 Å². The van der Waals surface area contributed by atoms with Gasteiger partial charge in [-0.1, -0.05) is 19.9 Å². The molecule has 1 atom stereocenters. The highest BCUT2D eigenvalue weighted by atomic mass is 16.5. The van der Waals surface area contributed by atoms with Crippen LogP contribution in [0, 0.1) is 6.92 Å². The number of benzene rings is 1. The molecule has 6 heteroatoms. The lowest BCUT2D eigenvalue weighted by molar-refractivity contribution is -0.139. The molecule has 1 aromatic carbocycles. The molecule has 0 bridgehead atoms. The molecule has 1 aromatic heterocycles. The van der Waals surface area contributed by atoms with E-state index in [1.165, 1.54) is 4.90 Å². The minimum absolute atomic E-state index is 0.0729. The molecule has 2 aromatic rings. The van der Waals surface area contributed by atoms with Crippen LogP contribution in [-0.4, -0.2) is 39.8 Å². The summed E-state index contributed by atoms with van der Waals surface area (Å²) < 4.78 is 5.69. The Balaban J connectivity index is 2.09. The second-order valence-corrected chi connectivity index (χ2v) is 7.08. The van der Waals surface area contributed by atoms with E-state index in [4.69, 9.17) is 4.74 Å². The molecule has 1 N–H and O–H groups in total. The van der Waals surface area contributed by atoms with Crippen LogP contribution < -0.4 is 4.74 Å². The third-order valence-electron chi connectivity index (χ3n) is 4.88. The summed E-state index contributed by atoms with van der Waals surface area (Å²) in [7, 11) is 0. The number of amides is 1. The highest BCUT2D eigenvalue weighted by Gasteiger charge is 2.46. The van der Waals surface area contributed by atoms with E-state index in [9.17, 15) is 14.7 Å². The highest BCUT2D eigenvalue weighted by molar-refractivity contribution is 6.46. The Labute approximate surface area is 170 Å². The Hall–Kier alpha value is -3.15. The molecular formula is C23H26N2O4. The molecule has 1 saturated heterocycles. The van der Waals surface area contributed by atoms with Crippen molar-refractivity contribution in [2.24, 2.45) is 0 Å². The van der Waals surface area contributed by atoms with Crippen molar-refractivity contribution in [3.8, 4) is 5.75 Å². The first-order valence-electron chi connectivity index (χ1n) is 9.92. The summed E-state index contributed by atoms with van der Waals surface area (Å²) in [6, 6.07) is 9.88. The quantitative estimate of drug-likeness (QED) is 0.436. The van der Waals surface area contributed by atoms with Crippen molar-refractivity contribution in [1.82, 2.24) is 9.88 Å². The number of aromatic nitrogens is 1. The van der Waals surface area contributed by atoms with Crippen molar-refractivity contribution in [2.75, 3.05) is 13.2 Å². The summed E-state index contributed by atoms with van der Waals surface area (Å²) in [5, 5.41) is 11.0. The lowest BCUT2D eigenvalue weighted by Crippen LogP contribution is -2.30. The molecule has 1 amide bonds. The Kier molecular flexibility index (Phi) is 6.32. The number of carbonyl (C=O) groups excluding carboxylic acids is 2. The summed E-state index contributed by atoms with van der Waals surface area (Å²) in [5.41, 5.74) is 1.95. The van der Waals surface area contributed by atoms with Crippen molar-refractivity contribution in [2.45, 2.75) is 39.7 Å². The van der Waals surface area contributed by atoms with Gasteiger partial charge in [0.05, 0.1) is 17.9 Å². The number of ketones is 1. The number of aliphatic hydroxyl groups excluding tert-OH is 1. The molecule has 0 radical (unpaired) electrons. The van der Waals surface area contributed by atoms with Gasteiger partial charge in [0.25, 0.3) is 11.7 Å². The molecule has 152 valence electrons. The van der Waals surface area contributed by atoms with Crippen LogP contribution in [0.3, 0.4) is 0 Å². The number of Topliss-reactive ketones (excluding diaryl/α,β-unsaturated/α-hetero) is 1. The molecule has 0 saturated carbocycles. The van der Waals surface area contributed by atoms with Crippen molar-refractivity contribution in [1.29, 1.82) is 0 Å². The van der Waals surface area contributed by atoms with Crippen LogP contribution in [0.15, 0.2) is 48.2 Å². The number of likely N-dealkylation sites (tertiary alicyclic amines) is 1. The number of hydrogen-bond donors (Lipinski definition) is 1. The predicted octanol–water partition coefficient (Wildman–Crippen LogP) is 4.01. The van der Waals surface area contributed by atoms with Crippen molar-refractivity contribution in [3.05, 3.63) is 65.0 Å². The van der Waals surface area contributed by atoms with Crippen LogP contribution in [-0.2, 0) is 9.59 Å². The van der Waals surface area contributed by atoms with Crippen LogP contribution in [0.1, 0.15) is 49.6 Å². The van der Waals surface area contributed by atoms with Crippen LogP contribution in [0.4, 0.5) is 0 Å². The minimum Gasteiger partial charge on any atom is -0.507 e. The Morgan fingerprint density at radius 2 is 1.97 bits per heavy atom. The fraction of sp³-hybridized carbons (Fsp3) is 0.348. The SMILES string of the molecule is CCCOc1ccc(/C(O)=C2/C(=O)C(=O)N(CCC)C2c2ccccn2)cc1C. The molecule has 3 rings (SSSR count). The first-order valence-corrected chi connectivity index (χ1v) is 9.92. The van der Waals surface area contributed by atoms with Crippen LogP contribution >= 0.6 is 0 Å². The zero-order valence-electron chi connectivity index (χ0n) is 17.0. The number of aryl methyl sites for hydroxylation is 1. The smallest absolute Gasteiger partial charge is 0.295 e. The minimum atomic E-state index is -0.701. The lowest BCUT2D eigenvalue weighted by atomic mass is 9.97. The number of carbonyl (C=O) groups is 2. The summed E-state index contributed by atoms with van der Waals surface area (Å²) in [4.78, 5) is 31.3. The number of aliphatic hydroxyl groups is 1. The molecule has 0 aliphatic carbocycles. The number of ether oxygens (including phenoxy) is 1. The number of hydrogen-bond acceptors (Lipinski definition) is 5. The lowest BCUT2D eigenvalue weighted by Gasteiger charge is -2.23. The van der Waals surface area contributed by atoms with Crippen LogP contribution in [0.2, 0.25) is 0 Å². The first-order chi connectivity index (χ1) is 14.0. The molecule has 1 aliphatic rings. The van der Waals surface area contributed by atoms with E-state index in [-0.39, 0.29) is 11.3 Å². The Morgan fingerprint density at radius 3 is 2.59 bits per heavy atom. The second kappa shape index (κ2) is 8.90. The van der Waals surface area contributed by atoms with Gasteiger partial charge in [-0.15, -0.1) is 0 Å². The zero-order chi connectivity index (χ0) is 21.0. The maximum Gasteiger partial charge on any atom is 0.295 e. The third-order valence-corrected chi connectivity index (χ3v) is 4.88. The van der Waals surface area contributed by atoms with Crippen molar-refractivity contribution < 1.29 is 19.4 Å². The van der Waals surface area contributed by atoms with E-state index in [0.29, 0.717) is 30.8 Å². The van der Waals surface area contributed by atoms with Crippen molar-refractivity contribution >= 4 is 17.4 Å². The number of rotatable bonds is 7. The average Bonchev–Trinajstić information content (AvgIpc) is 2.98. The molecule has 1 fully saturated rings. The second-order valence-electron chi connectivity index (χ2n) is 7.08. The van der Waals surface area contributed by atoms with E-state index in [0.717, 1.165) is 17.7 Å². The van der Waals surface area contributed by atoms with Gasteiger partial charge >= 0.3 is 0 Å². The standard InChI is InChI=1S/C23H26N2O4/c1-4-12-25-20(17-8-6-7-11-24-17)19(22(27)23(25)28)21(26)16-9-10-18(15(3)14-16)29-13-5-2/h6-11,14,20,26H,4-5,12-13H2,1-3H3/b21-19-. The fourth-order valence-electron chi connectivity index (χ4n) is 3.52. The molecule has 2 heterocycles. The van der Waals surface area contributed by atoms with Gasteiger partial charge < -0.3 is 14.7 Å². The van der Waals surface area contributed by atoms with Crippen LogP contribution in [0.5, 0.6) is 5.75 Å². The topological polar surface area (TPSA) is 79.7 Å². The summed E-state index contributed by atoms with van der Waals surface area (Å²) >= 11 is 0. The predicted molar refractivity (Wildman–Crippen MR) is 111 cm³/mol. The normalized spacial score (nSPS) is 18.3. The monoisotopic (exact) mass is 394 g/mol.